The van der Waals surface area contributed by atoms with Gasteiger partial charge in [-0.25, -0.2) is 4.99 Å². The predicted octanol–water partition coefficient (Wildman–Crippen LogP) is 5.97. The van der Waals surface area contributed by atoms with E-state index < -0.39 is 0 Å². The van der Waals surface area contributed by atoms with Crippen molar-refractivity contribution in [3.05, 3.63) is 59.1 Å². The largest absolute Gasteiger partial charge is 0.293 e. The lowest BCUT2D eigenvalue weighted by molar-refractivity contribution is 0.155. The molecule has 154 valence electrons. The third kappa shape index (κ3) is 3.88. The number of amidine groups is 1. The molecule has 0 saturated carbocycles. The normalized spacial score (nSPS) is 23.0. The Morgan fingerprint density at radius 3 is 2.27 bits per heavy atom. The zero-order valence-corrected chi connectivity index (χ0v) is 18.9. The number of aliphatic imine (C=N–C) groups is 1. The summed E-state index contributed by atoms with van der Waals surface area (Å²) in [4.78, 5) is 10.6. The Kier molecular flexibility index (Phi) is 5.92. The first-order valence-corrected chi connectivity index (χ1v) is 11.1. The maximum Gasteiger partial charge on any atom is 0.133 e. The van der Waals surface area contributed by atoms with Crippen LogP contribution in [0.3, 0.4) is 0 Å². The van der Waals surface area contributed by atoms with Crippen LogP contribution in [0.5, 0.6) is 0 Å². The Morgan fingerprint density at radius 1 is 1.03 bits per heavy atom. The van der Waals surface area contributed by atoms with Crippen molar-refractivity contribution >= 4 is 46.0 Å². The minimum absolute atomic E-state index is 0.0941. The Balaban J connectivity index is 1.84. The van der Waals surface area contributed by atoms with Gasteiger partial charge in [-0.2, -0.15) is 5.26 Å². The third-order valence-corrected chi connectivity index (χ3v) is 6.95. The monoisotopic (exact) mass is 436 g/mol. The number of halogens is 1. The lowest BCUT2D eigenvalue weighted by atomic mass is 9.85. The van der Waals surface area contributed by atoms with Crippen LogP contribution in [0, 0.1) is 16.7 Å². The van der Waals surface area contributed by atoms with Crippen molar-refractivity contribution in [2.75, 3.05) is 18.0 Å². The molecule has 0 N–H and O–H groups in total. The van der Waals surface area contributed by atoms with Crippen molar-refractivity contribution in [3.8, 4) is 6.07 Å². The molecule has 2 saturated heterocycles. The first-order chi connectivity index (χ1) is 14.4. The summed E-state index contributed by atoms with van der Waals surface area (Å²) in [7, 11) is 0. The molecule has 2 aliphatic heterocycles. The second kappa shape index (κ2) is 8.47. The molecule has 0 aromatic heterocycles. The van der Waals surface area contributed by atoms with Gasteiger partial charge in [-0.15, -0.1) is 0 Å². The molecule has 0 bridgehead atoms. The van der Waals surface area contributed by atoms with Crippen molar-refractivity contribution in [1.29, 1.82) is 5.26 Å². The van der Waals surface area contributed by atoms with Crippen molar-refractivity contribution in [1.82, 2.24) is 4.90 Å². The highest BCUT2D eigenvalue weighted by Crippen LogP contribution is 2.42. The van der Waals surface area contributed by atoms with Crippen LogP contribution in [0.2, 0.25) is 5.02 Å². The maximum atomic E-state index is 9.18. The molecule has 2 aliphatic rings. The average molecular weight is 437 g/mol. The molecule has 0 spiro atoms. The van der Waals surface area contributed by atoms with E-state index in [0.29, 0.717) is 10.6 Å². The van der Waals surface area contributed by atoms with E-state index >= 15 is 0 Å². The summed E-state index contributed by atoms with van der Waals surface area (Å²) in [6.45, 7) is 6.54. The highest BCUT2D eigenvalue weighted by Gasteiger charge is 2.52. The fraction of sp³-hybridized carbons (Fsp3) is 0.375. The molecule has 2 heterocycles. The molecule has 2 aromatic carbocycles. The number of benzene rings is 2. The van der Waals surface area contributed by atoms with E-state index in [-0.39, 0.29) is 11.5 Å². The molecule has 6 heteroatoms. The average Bonchev–Trinajstić information content (AvgIpc) is 2.95. The summed E-state index contributed by atoms with van der Waals surface area (Å²) >= 11 is 12.1. The molecule has 4 rings (SSSR count). The number of hydrogen-bond donors (Lipinski definition) is 0. The molecule has 0 aliphatic carbocycles. The second-order valence-electron chi connectivity index (χ2n) is 8.47. The zero-order chi connectivity index (χ0) is 21.3. The van der Waals surface area contributed by atoms with E-state index in [4.69, 9.17) is 28.8 Å². The van der Waals surface area contributed by atoms with Gasteiger partial charge in [-0.05, 0) is 74.5 Å². The Labute approximate surface area is 188 Å². The molecule has 0 radical (unpaired) electrons. The SMILES string of the molecule is CC1(C)C(=S)N(c2ccc(C#N)cc2)C(=Nc2ccc(Cl)cc2)[C@@H]1N1CCCCC1. The number of likely N-dealkylation sites (tertiary alicyclic amines) is 1. The molecular weight excluding hydrogens is 412 g/mol. The number of piperidine rings is 1. The van der Waals surface area contributed by atoms with E-state index in [9.17, 15) is 5.26 Å². The van der Waals surface area contributed by atoms with Gasteiger partial charge in [0, 0.05) is 16.1 Å². The highest BCUT2D eigenvalue weighted by molar-refractivity contribution is 7.80. The van der Waals surface area contributed by atoms with Gasteiger partial charge in [-0.3, -0.25) is 9.80 Å². The number of nitrogens with zero attached hydrogens (tertiary/aromatic N) is 4. The number of thiocarbonyl (C=S) groups is 1. The quantitative estimate of drug-likeness (QED) is 0.556. The number of nitriles is 1. The fourth-order valence-corrected chi connectivity index (χ4v) is 4.88. The lowest BCUT2D eigenvalue weighted by Crippen LogP contribution is -2.49. The summed E-state index contributed by atoms with van der Waals surface area (Å²) in [5, 5.41) is 9.87. The van der Waals surface area contributed by atoms with Crippen molar-refractivity contribution in [3.63, 3.8) is 0 Å². The van der Waals surface area contributed by atoms with E-state index in [0.717, 1.165) is 35.3 Å². The maximum absolute atomic E-state index is 9.18. The molecule has 0 unspecified atom stereocenters. The molecule has 0 amide bonds. The van der Waals surface area contributed by atoms with Crippen molar-refractivity contribution in [2.24, 2.45) is 10.4 Å². The van der Waals surface area contributed by atoms with E-state index in [2.05, 4.69) is 29.7 Å². The van der Waals surface area contributed by atoms with Crippen molar-refractivity contribution < 1.29 is 0 Å². The van der Waals surface area contributed by atoms with E-state index in [1.54, 1.807) is 0 Å². The van der Waals surface area contributed by atoms with Gasteiger partial charge in [0.15, 0.2) is 0 Å². The van der Waals surface area contributed by atoms with Gasteiger partial charge in [0.2, 0.25) is 0 Å². The molecule has 30 heavy (non-hydrogen) atoms. The topological polar surface area (TPSA) is 42.6 Å². The minimum atomic E-state index is -0.244. The Hall–Kier alpha value is -2.26. The molecule has 4 nitrogen and oxygen atoms in total. The van der Waals surface area contributed by atoms with E-state index in [1.165, 1.54) is 19.3 Å². The smallest absolute Gasteiger partial charge is 0.133 e. The van der Waals surface area contributed by atoms with Crippen molar-refractivity contribution in [2.45, 2.75) is 39.2 Å². The van der Waals surface area contributed by atoms with Crippen LogP contribution in [0.25, 0.3) is 0 Å². The highest BCUT2D eigenvalue weighted by atomic mass is 35.5. The van der Waals surface area contributed by atoms with Crippen LogP contribution in [-0.4, -0.2) is 34.9 Å². The van der Waals surface area contributed by atoms with Gasteiger partial charge in [-0.1, -0.05) is 44.1 Å². The summed E-state index contributed by atoms with van der Waals surface area (Å²) in [6, 6.07) is 17.5. The second-order valence-corrected chi connectivity index (χ2v) is 9.29. The number of hydrogen-bond acceptors (Lipinski definition) is 4. The van der Waals surface area contributed by atoms with Gasteiger partial charge in [0.25, 0.3) is 0 Å². The summed E-state index contributed by atoms with van der Waals surface area (Å²) in [5.41, 5.74) is 2.19. The molecule has 2 aromatic rings. The van der Waals surface area contributed by atoms with Gasteiger partial charge in [0.1, 0.15) is 5.84 Å². The fourth-order valence-electron chi connectivity index (χ4n) is 4.44. The van der Waals surface area contributed by atoms with Crippen LogP contribution in [-0.2, 0) is 0 Å². The van der Waals surface area contributed by atoms with Crippen LogP contribution in [0.4, 0.5) is 11.4 Å². The zero-order valence-electron chi connectivity index (χ0n) is 17.3. The molecule has 1 atom stereocenters. The minimum Gasteiger partial charge on any atom is -0.293 e. The third-order valence-electron chi connectivity index (χ3n) is 5.99. The first-order valence-electron chi connectivity index (χ1n) is 10.3. The summed E-state index contributed by atoms with van der Waals surface area (Å²) in [6.07, 6.45) is 3.67. The summed E-state index contributed by atoms with van der Waals surface area (Å²) < 4.78 is 0. The number of rotatable bonds is 3. The van der Waals surface area contributed by atoms with Gasteiger partial charge in [0.05, 0.1) is 28.4 Å². The standard InChI is InChI=1S/C24H25ClN4S/c1-24(2)21(28-14-4-3-5-15-28)22(27-19-10-8-18(25)9-11-19)29(23(24)30)20-12-6-17(16-26)7-13-20/h6-13,21H,3-5,14-15H2,1-2H3/t21-/m0/s1. The predicted molar refractivity (Wildman–Crippen MR) is 128 cm³/mol. The molecular formula is C24H25ClN4S. The van der Waals surface area contributed by atoms with E-state index in [1.807, 2.05) is 48.5 Å². The first kappa shape index (κ1) is 21.0. The Bertz CT molecular complexity index is 999. The lowest BCUT2D eigenvalue weighted by Gasteiger charge is -2.38. The van der Waals surface area contributed by atoms with Gasteiger partial charge < -0.3 is 0 Å². The van der Waals surface area contributed by atoms with Crippen LogP contribution in [0.1, 0.15) is 38.7 Å². The number of anilines is 1. The van der Waals surface area contributed by atoms with Crippen LogP contribution < -0.4 is 4.90 Å². The van der Waals surface area contributed by atoms with Crippen LogP contribution in [0.15, 0.2) is 53.5 Å². The summed E-state index contributed by atoms with van der Waals surface area (Å²) in [5.74, 6) is 0.943. The van der Waals surface area contributed by atoms with Crippen LogP contribution >= 0.6 is 23.8 Å². The molecule has 2 fully saturated rings. The Morgan fingerprint density at radius 2 is 1.67 bits per heavy atom. The van der Waals surface area contributed by atoms with Gasteiger partial charge >= 0.3 is 0 Å².